The zero-order valence-corrected chi connectivity index (χ0v) is 9.83. The first-order chi connectivity index (χ1) is 6.27. The van der Waals surface area contributed by atoms with Crippen LogP contribution in [0.2, 0.25) is 0 Å². The summed E-state index contributed by atoms with van der Waals surface area (Å²) in [6.45, 7) is 0. The van der Waals surface area contributed by atoms with E-state index >= 15 is 0 Å². The van der Waals surface area contributed by atoms with E-state index in [0.29, 0.717) is 11.7 Å². The molecule has 0 amide bonds. The molecule has 0 atom stereocenters. The Hall–Kier alpha value is -0.0900. The van der Waals surface area contributed by atoms with Crippen LogP contribution >= 0.6 is 27.3 Å². The third-order valence-electron chi connectivity index (χ3n) is 2.58. The second-order valence-corrected chi connectivity index (χ2v) is 5.89. The minimum atomic E-state index is 0.658. The molecule has 1 saturated carbocycles. The molecule has 1 aliphatic rings. The van der Waals surface area contributed by atoms with E-state index < -0.39 is 0 Å². The van der Waals surface area contributed by atoms with Gasteiger partial charge in [0.25, 0.3) is 0 Å². The van der Waals surface area contributed by atoms with Crippen molar-refractivity contribution in [2.45, 2.75) is 38.0 Å². The van der Waals surface area contributed by atoms with E-state index in [2.05, 4.69) is 20.9 Å². The molecule has 2 rings (SSSR count). The van der Waals surface area contributed by atoms with Crippen molar-refractivity contribution in [3.8, 4) is 0 Å². The lowest BCUT2D eigenvalue weighted by Gasteiger charge is -2.18. The lowest BCUT2D eigenvalue weighted by atomic mass is 9.90. The van der Waals surface area contributed by atoms with Crippen LogP contribution in [0.5, 0.6) is 0 Å². The van der Waals surface area contributed by atoms with E-state index in [1.807, 2.05) is 0 Å². The van der Waals surface area contributed by atoms with Crippen molar-refractivity contribution in [1.29, 1.82) is 0 Å². The Morgan fingerprint density at radius 1 is 1.31 bits per heavy atom. The number of anilines is 1. The van der Waals surface area contributed by atoms with Gasteiger partial charge < -0.3 is 5.73 Å². The fourth-order valence-electron chi connectivity index (χ4n) is 1.85. The van der Waals surface area contributed by atoms with Gasteiger partial charge in [0, 0.05) is 5.92 Å². The van der Waals surface area contributed by atoms with Crippen LogP contribution in [0, 0.1) is 0 Å². The predicted octanol–water partition coefficient (Wildman–Crippen LogP) is 3.54. The van der Waals surface area contributed by atoms with E-state index in [4.69, 9.17) is 5.73 Å². The monoisotopic (exact) mass is 260 g/mol. The molecule has 13 heavy (non-hydrogen) atoms. The number of hydrogen-bond donors (Lipinski definition) is 1. The molecular formula is C9H13BrN2S. The zero-order chi connectivity index (χ0) is 9.26. The first kappa shape index (κ1) is 9.46. The van der Waals surface area contributed by atoms with E-state index in [1.165, 1.54) is 37.1 Å². The smallest absolute Gasteiger partial charge is 0.149 e. The molecule has 1 aliphatic carbocycles. The SMILES string of the molecule is Nc1nc(C2CCCCC2)sc1Br. The maximum absolute atomic E-state index is 5.70. The number of aromatic nitrogens is 1. The van der Waals surface area contributed by atoms with Crippen LogP contribution in [0.3, 0.4) is 0 Å². The molecule has 0 bridgehead atoms. The summed E-state index contributed by atoms with van der Waals surface area (Å²) in [5.41, 5.74) is 5.70. The first-order valence-electron chi connectivity index (χ1n) is 4.69. The van der Waals surface area contributed by atoms with E-state index in [0.717, 1.165) is 3.79 Å². The summed E-state index contributed by atoms with van der Waals surface area (Å²) in [6, 6.07) is 0. The summed E-state index contributed by atoms with van der Waals surface area (Å²) in [6.07, 6.45) is 6.67. The molecular weight excluding hydrogens is 248 g/mol. The Balaban J connectivity index is 2.14. The summed E-state index contributed by atoms with van der Waals surface area (Å²) < 4.78 is 0.994. The molecule has 1 aromatic rings. The van der Waals surface area contributed by atoms with Crippen molar-refractivity contribution in [3.63, 3.8) is 0 Å². The molecule has 0 saturated heterocycles. The van der Waals surface area contributed by atoms with E-state index in [-0.39, 0.29) is 0 Å². The van der Waals surface area contributed by atoms with Gasteiger partial charge in [0.1, 0.15) is 9.60 Å². The van der Waals surface area contributed by atoms with Gasteiger partial charge in [-0.15, -0.1) is 11.3 Å². The summed E-state index contributed by atoms with van der Waals surface area (Å²) in [5.74, 6) is 1.33. The third kappa shape index (κ3) is 2.05. The molecule has 1 heterocycles. The fourth-order valence-corrected chi connectivity index (χ4v) is 3.32. The molecule has 1 aromatic heterocycles. The zero-order valence-electron chi connectivity index (χ0n) is 7.42. The lowest BCUT2D eigenvalue weighted by Crippen LogP contribution is -2.04. The van der Waals surface area contributed by atoms with Gasteiger partial charge in [0.2, 0.25) is 0 Å². The van der Waals surface area contributed by atoms with E-state index in [1.54, 1.807) is 11.3 Å². The minimum Gasteiger partial charge on any atom is -0.382 e. The quantitative estimate of drug-likeness (QED) is 0.839. The maximum atomic E-state index is 5.70. The average Bonchev–Trinajstić information content (AvgIpc) is 2.49. The van der Waals surface area contributed by atoms with Crippen molar-refractivity contribution in [2.75, 3.05) is 5.73 Å². The number of hydrogen-bond acceptors (Lipinski definition) is 3. The number of nitrogens with zero attached hydrogens (tertiary/aromatic N) is 1. The highest BCUT2D eigenvalue weighted by Gasteiger charge is 2.19. The predicted molar refractivity (Wildman–Crippen MR) is 60.1 cm³/mol. The minimum absolute atomic E-state index is 0.658. The Bertz CT molecular complexity index is 272. The van der Waals surface area contributed by atoms with Crippen LogP contribution in [0.1, 0.15) is 43.0 Å². The van der Waals surface area contributed by atoms with Gasteiger partial charge in [-0.3, -0.25) is 0 Å². The van der Waals surface area contributed by atoms with Crippen LogP contribution in [0.25, 0.3) is 0 Å². The second kappa shape index (κ2) is 3.96. The normalized spacial score (nSPS) is 19.2. The maximum Gasteiger partial charge on any atom is 0.149 e. The van der Waals surface area contributed by atoms with Crippen molar-refractivity contribution >= 4 is 33.1 Å². The molecule has 2 nitrogen and oxygen atoms in total. The fraction of sp³-hybridized carbons (Fsp3) is 0.667. The third-order valence-corrected chi connectivity index (χ3v) is 4.49. The van der Waals surface area contributed by atoms with Crippen LogP contribution in [0.4, 0.5) is 5.82 Å². The molecule has 0 radical (unpaired) electrons. The highest BCUT2D eigenvalue weighted by molar-refractivity contribution is 9.11. The number of rotatable bonds is 1. The van der Waals surface area contributed by atoms with Crippen LogP contribution < -0.4 is 5.73 Å². The molecule has 2 N–H and O–H groups in total. The number of nitrogen functional groups attached to an aromatic ring is 1. The Kier molecular flexibility index (Phi) is 2.89. The van der Waals surface area contributed by atoms with Gasteiger partial charge in [0.15, 0.2) is 0 Å². The topological polar surface area (TPSA) is 38.9 Å². The number of nitrogens with two attached hydrogens (primary N) is 1. The van der Waals surface area contributed by atoms with Crippen LogP contribution in [-0.2, 0) is 0 Å². The highest BCUT2D eigenvalue weighted by Crippen LogP contribution is 2.38. The molecule has 1 fully saturated rings. The highest BCUT2D eigenvalue weighted by atomic mass is 79.9. The van der Waals surface area contributed by atoms with Crippen LogP contribution in [-0.4, -0.2) is 4.98 Å². The van der Waals surface area contributed by atoms with Crippen molar-refractivity contribution in [3.05, 3.63) is 8.79 Å². The Morgan fingerprint density at radius 3 is 2.54 bits per heavy atom. The Morgan fingerprint density at radius 2 is 2.00 bits per heavy atom. The largest absolute Gasteiger partial charge is 0.382 e. The van der Waals surface area contributed by atoms with Crippen molar-refractivity contribution in [1.82, 2.24) is 4.98 Å². The van der Waals surface area contributed by atoms with E-state index in [9.17, 15) is 0 Å². The first-order valence-corrected chi connectivity index (χ1v) is 6.30. The number of halogens is 1. The van der Waals surface area contributed by atoms with Gasteiger partial charge in [0.05, 0.1) is 5.01 Å². The summed E-state index contributed by atoms with van der Waals surface area (Å²) in [4.78, 5) is 4.38. The molecule has 0 spiro atoms. The lowest BCUT2D eigenvalue weighted by molar-refractivity contribution is 0.442. The summed E-state index contributed by atoms with van der Waals surface area (Å²) in [5, 5.41) is 1.23. The summed E-state index contributed by atoms with van der Waals surface area (Å²) >= 11 is 5.12. The van der Waals surface area contributed by atoms with Crippen molar-refractivity contribution < 1.29 is 0 Å². The molecule has 4 heteroatoms. The van der Waals surface area contributed by atoms with Crippen LogP contribution in [0.15, 0.2) is 3.79 Å². The molecule has 0 unspecified atom stereocenters. The van der Waals surface area contributed by atoms with Gasteiger partial charge >= 0.3 is 0 Å². The second-order valence-electron chi connectivity index (χ2n) is 3.55. The molecule has 72 valence electrons. The summed E-state index contributed by atoms with van der Waals surface area (Å²) in [7, 11) is 0. The van der Waals surface area contributed by atoms with Gasteiger partial charge in [-0.05, 0) is 28.8 Å². The average molecular weight is 261 g/mol. The number of thiazole rings is 1. The van der Waals surface area contributed by atoms with Gasteiger partial charge in [-0.1, -0.05) is 19.3 Å². The standard InChI is InChI=1S/C9H13BrN2S/c10-7-8(11)12-9(13-7)6-4-2-1-3-5-6/h6H,1-5,11H2. The van der Waals surface area contributed by atoms with Crippen molar-refractivity contribution in [2.24, 2.45) is 0 Å². The van der Waals surface area contributed by atoms with Gasteiger partial charge in [-0.25, -0.2) is 4.98 Å². The van der Waals surface area contributed by atoms with Gasteiger partial charge in [-0.2, -0.15) is 0 Å². The molecule has 0 aliphatic heterocycles. The molecule has 0 aromatic carbocycles. The Labute approximate surface area is 90.7 Å².